The minimum atomic E-state index is -3.83. The van der Waals surface area contributed by atoms with Crippen molar-refractivity contribution in [2.45, 2.75) is 114 Å². The number of nitriles is 4. The van der Waals surface area contributed by atoms with Crippen LogP contribution in [0.2, 0.25) is 0 Å². The second-order valence-corrected chi connectivity index (χ2v) is 23.5. The third kappa shape index (κ3) is 13.0. The number of aryl methyl sites for hydroxylation is 4. The lowest BCUT2D eigenvalue weighted by atomic mass is 10.1. The Hall–Kier alpha value is -11.4. The maximum absolute atomic E-state index is 13.1. The number of hydrogen-bond donors (Lipinski definition) is 6. The van der Waals surface area contributed by atoms with Crippen molar-refractivity contribution in [3.8, 4) is 24.3 Å². The average Bonchev–Trinajstić information content (AvgIpc) is 1.62. The Kier molecular flexibility index (Phi) is 19.1. The zero-order chi connectivity index (χ0) is 62.5. The lowest BCUT2D eigenvalue weighted by molar-refractivity contribution is -0.0000226. The summed E-state index contributed by atoms with van der Waals surface area (Å²) >= 11 is 0. The van der Waals surface area contributed by atoms with Gasteiger partial charge in [-0.2, -0.15) is 21.0 Å². The topological polar surface area (TPSA) is 351 Å². The molecule has 0 bridgehead atoms. The van der Waals surface area contributed by atoms with Crippen LogP contribution in [0.15, 0.2) is 115 Å². The summed E-state index contributed by atoms with van der Waals surface area (Å²) in [5.74, 6) is 3.58. The van der Waals surface area contributed by atoms with Crippen LogP contribution in [0.4, 0.5) is 34.1 Å². The van der Waals surface area contributed by atoms with Gasteiger partial charge in [0, 0.05) is 218 Å². The van der Waals surface area contributed by atoms with Crippen LogP contribution in [0.3, 0.4) is 0 Å². The van der Waals surface area contributed by atoms with Gasteiger partial charge in [-0.1, -0.05) is 25.6 Å². The molecule has 0 radical (unpaired) electrons. The second-order valence-electron chi connectivity index (χ2n) is 21.7. The molecule has 0 saturated carbocycles. The molecule has 550 valence electrons. The van der Waals surface area contributed by atoms with Gasteiger partial charge in [-0.05, 0) is 56.0 Å². The van der Waals surface area contributed by atoms with Crippen LogP contribution < -0.4 is 45.7 Å². The Morgan fingerprint density at radius 2 is 0.924 bits per heavy atom. The molecule has 92 heavy (non-hydrogen) atoms. The standard InChI is InChI=1S/C22H17N7O2S.2C16H13N7.C8H10N4.CH4.HI.45H2/c1-24-19-13-25-22-18(8-10-29(22)32(30,31)17-5-3-2-4-6-17)21(19)27-15-7-9-28-14-16(12-23)26-20(28)11-15;2*1-18-13-8-20-16-12(2-4-19-16)15(13)22-10-3-5-23-9-11(7-17)21-14(23)6-10;9-4-7-5-12-2-1-6(10)3-8(12)11-7;;;;;;;;;;;;;;;;;;;;;;;;;;;;;;;;;;;;;;;;;;;;;;;/h2-6,8,10,13-15H,7,9,11H2,(H,25,27);2*2,4,8-10H,3,5-6H2,(H2,19,20,22);5-6H,1-3,10H2;1H4;46*1H/p-1. The van der Waals surface area contributed by atoms with E-state index >= 15 is 0 Å². The van der Waals surface area contributed by atoms with Gasteiger partial charge in [0.2, 0.25) is 17.1 Å². The van der Waals surface area contributed by atoms with E-state index in [1.807, 2.05) is 48.9 Å². The molecule has 11 aromatic rings. The molecule has 27 nitrogen and oxygen atoms in total. The van der Waals surface area contributed by atoms with Gasteiger partial charge in [-0.15, -0.1) is 0 Å². The maximum Gasteiger partial charge on any atom is 0.269 e. The first-order valence-electron chi connectivity index (χ1n) is 28.6. The highest BCUT2D eigenvalue weighted by molar-refractivity contribution is 7.90. The summed E-state index contributed by atoms with van der Waals surface area (Å²) in [6.07, 6.45) is 23.2. The van der Waals surface area contributed by atoms with Crippen LogP contribution >= 0.6 is 0 Å². The molecule has 0 fully saturated rings. The van der Waals surface area contributed by atoms with Crippen LogP contribution in [0.1, 0.15) is 143 Å². The van der Waals surface area contributed by atoms with Crippen molar-refractivity contribution in [1.29, 1.82) is 21.0 Å². The highest BCUT2D eigenvalue weighted by atomic mass is 127. The van der Waals surface area contributed by atoms with E-state index in [-0.39, 0.29) is 130 Å². The normalized spacial score (nSPS) is 16.5. The molecule has 0 spiro atoms. The fourth-order valence-corrected chi connectivity index (χ4v) is 12.9. The van der Waals surface area contributed by atoms with Crippen LogP contribution in [-0.4, -0.2) is 99.7 Å². The van der Waals surface area contributed by atoms with Gasteiger partial charge in [0.1, 0.15) is 58.9 Å². The van der Waals surface area contributed by atoms with Crippen molar-refractivity contribution in [1.82, 2.24) is 67.1 Å². The number of halogens is 1. The van der Waals surface area contributed by atoms with E-state index < -0.39 is 10.0 Å². The molecular formula is C63H147IN25O2S-. The number of rotatable bonds is 8. The van der Waals surface area contributed by atoms with Gasteiger partial charge >= 0.3 is 0 Å². The number of fused-ring (bicyclic) bond motifs is 7. The van der Waals surface area contributed by atoms with E-state index in [4.69, 9.17) is 46.5 Å². The van der Waals surface area contributed by atoms with Crippen molar-refractivity contribution in [2.75, 3.05) is 16.0 Å². The Morgan fingerprint density at radius 3 is 1.33 bits per heavy atom. The van der Waals surface area contributed by atoms with Gasteiger partial charge in [0.25, 0.3) is 10.0 Å². The predicted octanol–water partition coefficient (Wildman–Crippen LogP) is 17.3. The van der Waals surface area contributed by atoms with Crippen molar-refractivity contribution >= 4 is 77.2 Å². The van der Waals surface area contributed by atoms with E-state index in [9.17, 15) is 8.42 Å². The maximum atomic E-state index is 13.1. The molecule has 1 aromatic carbocycles. The van der Waals surface area contributed by atoms with Crippen molar-refractivity contribution < 1.29 is 96.6 Å². The molecule has 4 atom stereocenters. The van der Waals surface area contributed by atoms with Gasteiger partial charge in [0.15, 0.2) is 28.4 Å². The smallest absolute Gasteiger partial charge is 0.269 e. The number of anilines is 3. The fourth-order valence-electron chi connectivity index (χ4n) is 11.6. The summed E-state index contributed by atoms with van der Waals surface area (Å²) in [6.45, 7) is 25.5. The first kappa shape index (κ1) is 63.6. The molecule has 4 aliphatic rings. The summed E-state index contributed by atoms with van der Waals surface area (Å²) < 4.78 is 35.5. The van der Waals surface area contributed by atoms with E-state index in [0.717, 1.165) is 125 Å². The number of aromatic amines is 2. The average molecular weight is 1450 g/mol. The Bertz CT molecular complexity index is 4940. The number of pyridine rings is 3. The minimum absolute atomic E-state index is 0. The molecule has 29 heteroatoms. The molecule has 7 N–H and O–H groups in total. The Morgan fingerprint density at radius 1 is 0.543 bits per heavy atom. The number of hydrogen-bond acceptors (Lipinski definition) is 17. The number of imidazole rings is 4. The monoisotopic (exact) mass is 1450 g/mol. The lowest BCUT2D eigenvalue weighted by Gasteiger charge is -2.26. The minimum Gasteiger partial charge on any atom is -1.00 e. The summed E-state index contributed by atoms with van der Waals surface area (Å²) in [5, 5.41) is 48.4. The van der Waals surface area contributed by atoms with E-state index in [2.05, 4.69) is 93.5 Å². The van der Waals surface area contributed by atoms with Crippen molar-refractivity contribution in [2.24, 2.45) is 5.73 Å². The first-order valence-corrected chi connectivity index (χ1v) is 30.1. The molecule has 15 rings (SSSR count). The fraction of sp³-hybridized carbons (Fsp3) is 0.270. The predicted molar refractivity (Wildman–Crippen MR) is 433 cm³/mol. The second kappa shape index (κ2) is 27.6. The molecule has 4 aliphatic heterocycles. The van der Waals surface area contributed by atoms with Gasteiger partial charge in [0.05, 0.1) is 41.7 Å². The molecule has 0 aliphatic carbocycles. The van der Waals surface area contributed by atoms with Gasteiger partial charge < -0.3 is 73.9 Å². The molecule has 14 heterocycles. The quantitative estimate of drug-likeness (QED) is 0.0608. The molecule has 10 aromatic heterocycles. The number of benzene rings is 1. The van der Waals surface area contributed by atoms with Crippen molar-refractivity contribution in [3.05, 3.63) is 191 Å². The molecule has 0 saturated heterocycles. The molecule has 0 amide bonds. The highest BCUT2D eigenvalue weighted by Crippen LogP contribution is 2.38. The van der Waals surface area contributed by atoms with E-state index in [0.29, 0.717) is 63.9 Å². The van der Waals surface area contributed by atoms with Crippen LogP contribution in [0, 0.1) is 65.0 Å². The SMILES string of the molecule is C.N#Cc1cn2c(n1)CC(N)CC2.[C-]#[N+]c1cnc2[nH]ccc2c1NC1CCn2cc(C#N)nc2C1.[C-]#[N+]c1cnc2[nH]ccc2c1NC1CCn2cc(C#N)nc2C1.[C-]#[N+]c1cnc2c(ccn2S(=O)(=O)c2ccccc2)c1NC1CCn2cc(C#N)nc2C1.[HH].[HH].[HH].[HH].[HH].[HH].[HH].[HH].[HH].[HH].[HH].[HH].[HH].[HH].[HH].[HH].[HH].[HH].[HH].[HH].[HH].[HH].[HH].[HH].[HH].[HH].[HH].[HH].[HH].[HH].[HH].[HH].[HH].[HH].[HH].[HH].[HH].[HH].[HH].[HH].[HH].[HH].[HH].[HH].[HH].[I-]. The third-order valence-corrected chi connectivity index (χ3v) is 17.7. The number of nitrogens with one attached hydrogen (secondary N) is 5. The largest absolute Gasteiger partial charge is 1.00 e. The number of nitrogens with two attached hydrogens (primary N) is 1. The number of H-pyrrole nitrogens is 2. The summed E-state index contributed by atoms with van der Waals surface area (Å²) in [5.41, 5.74) is 12.9. The van der Waals surface area contributed by atoms with Crippen LogP contribution in [0.5, 0.6) is 0 Å². The molecule has 4 unspecified atom stereocenters. The summed E-state index contributed by atoms with van der Waals surface area (Å²) in [4.78, 5) is 47.0. The lowest BCUT2D eigenvalue weighted by Crippen LogP contribution is -3.00. The third-order valence-electron chi connectivity index (χ3n) is 16.0. The summed E-state index contributed by atoms with van der Waals surface area (Å²) in [7, 11) is -3.83. The first-order chi connectivity index (χ1) is 43.9. The van der Waals surface area contributed by atoms with Gasteiger partial charge in [-0.3, -0.25) is 9.97 Å². The highest BCUT2D eigenvalue weighted by Gasteiger charge is 2.28. The van der Waals surface area contributed by atoms with Crippen molar-refractivity contribution in [3.63, 3.8) is 0 Å². The van der Waals surface area contributed by atoms with Crippen LogP contribution in [-0.2, 0) is 61.9 Å². The van der Waals surface area contributed by atoms with E-state index in [1.54, 1.807) is 61.4 Å². The zero-order valence-corrected chi connectivity index (χ0v) is 51.3. The number of nitrogens with zero attached hydrogens (tertiary/aromatic N) is 19. The Balaban J connectivity index is -0.0000000268. The summed E-state index contributed by atoms with van der Waals surface area (Å²) in [6, 6.07) is 22.5. The number of aromatic nitrogens is 14. The van der Waals surface area contributed by atoms with Gasteiger partial charge in [-0.25, -0.2) is 51.8 Å². The Labute approximate surface area is 612 Å². The van der Waals surface area contributed by atoms with Crippen LogP contribution in [0.25, 0.3) is 47.6 Å². The zero-order valence-electron chi connectivity index (χ0n) is 48.4. The molecular weight excluding hydrogens is 1300 g/mol. The van der Waals surface area contributed by atoms with E-state index in [1.165, 1.54) is 24.5 Å².